The van der Waals surface area contributed by atoms with Crippen LogP contribution in [0.3, 0.4) is 0 Å². The number of carbonyl (C=O) groups is 1. The van der Waals surface area contributed by atoms with Crippen molar-refractivity contribution in [2.45, 2.75) is 38.4 Å². The van der Waals surface area contributed by atoms with E-state index in [1.54, 1.807) is 36.0 Å². The Kier molecular flexibility index (Phi) is 8.57. The van der Waals surface area contributed by atoms with Gasteiger partial charge < -0.3 is 5.32 Å². The Balaban J connectivity index is 2.47. The Labute approximate surface area is 160 Å². The Morgan fingerprint density at radius 3 is 2.56 bits per heavy atom. The zero-order valence-electron chi connectivity index (χ0n) is 15.2. The van der Waals surface area contributed by atoms with E-state index in [1.165, 1.54) is 4.31 Å². The van der Waals surface area contributed by atoms with Crippen LogP contribution in [0.1, 0.15) is 33.6 Å². The van der Waals surface area contributed by atoms with Gasteiger partial charge in [-0.25, -0.2) is 8.42 Å². The number of amides is 1. The molecule has 0 heterocycles. The predicted octanol–water partition coefficient (Wildman–Crippen LogP) is 3.53. The van der Waals surface area contributed by atoms with E-state index in [1.807, 2.05) is 0 Å². The second kappa shape index (κ2) is 9.69. The van der Waals surface area contributed by atoms with Crippen LogP contribution in [0.4, 0.5) is 5.69 Å². The average Bonchev–Trinajstić information content (AvgIpc) is 2.46. The summed E-state index contributed by atoms with van der Waals surface area (Å²) in [6.45, 7) is 7.26. The van der Waals surface area contributed by atoms with Gasteiger partial charge in [-0.05, 0) is 24.6 Å². The molecule has 0 bridgehead atoms. The molecular formula is C17H27ClN2O3S2. The molecule has 0 aliphatic rings. The molecule has 1 amide bonds. The van der Waals surface area contributed by atoms with Gasteiger partial charge in [-0.3, -0.25) is 9.10 Å². The molecule has 0 saturated heterocycles. The molecule has 1 aromatic carbocycles. The number of nitrogens with one attached hydrogen (secondary N) is 1. The van der Waals surface area contributed by atoms with Crippen LogP contribution in [0.15, 0.2) is 24.3 Å². The predicted molar refractivity (Wildman–Crippen MR) is 108 cm³/mol. The number of benzene rings is 1. The van der Waals surface area contributed by atoms with Crippen LogP contribution in [-0.4, -0.2) is 44.2 Å². The summed E-state index contributed by atoms with van der Waals surface area (Å²) >= 11 is 7.73. The van der Waals surface area contributed by atoms with Crippen LogP contribution in [-0.2, 0) is 14.8 Å². The molecule has 0 fully saturated rings. The molecule has 0 spiro atoms. The smallest absolute Gasteiger partial charge is 0.232 e. The first-order chi connectivity index (χ1) is 11.5. The van der Waals surface area contributed by atoms with Crippen molar-refractivity contribution in [3.63, 3.8) is 0 Å². The largest absolute Gasteiger partial charge is 0.355 e. The molecule has 0 unspecified atom stereocenters. The lowest BCUT2D eigenvalue weighted by molar-refractivity contribution is -0.121. The Morgan fingerprint density at radius 2 is 2.00 bits per heavy atom. The lowest BCUT2D eigenvalue weighted by Crippen LogP contribution is -2.32. The minimum absolute atomic E-state index is 0.0611. The van der Waals surface area contributed by atoms with Crippen LogP contribution in [0.5, 0.6) is 0 Å². The molecule has 5 nitrogen and oxygen atoms in total. The van der Waals surface area contributed by atoms with Crippen molar-refractivity contribution in [3.8, 4) is 0 Å². The van der Waals surface area contributed by atoms with Crippen molar-refractivity contribution in [1.82, 2.24) is 5.32 Å². The van der Waals surface area contributed by atoms with E-state index < -0.39 is 10.0 Å². The number of nitrogens with zero attached hydrogens (tertiary/aromatic N) is 1. The van der Waals surface area contributed by atoms with E-state index in [9.17, 15) is 13.2 Å². The lowest BCUT2D eigenvalue weighted by atomic mass is 10.2. The first-order valence-electron chi connectivity index (χ1n) is 8.13. The molecule has 8 heteroatoms. The Hall–Kier alpha value is -0.920. The lowest BCUT2D eigenvalue weighted by Gasteiger charge is -2.22. The fourth-order valence-corrected chi connectivity index (χ4v) is 4.10. The van der Waals surface area contributed by atoms with Gasteiger partial charge in [0.15, 0.2) is 0 Å². The number of thioether (sulfide) groups is 1. The second-order valence-corrected chi connectivity index (χ2v) is 11.0. The summed E-state index contributed by atoms with van der Waals surface area (Å²) in [4.78, 5) is 11.9. The highest BCUT2D eigenvalue weighted by Gasteiger charge is 2.18. The molecule has 0 aliphatic carbocycles. The number of halogens is 1. The first kappa shape index (κ1) is 22.1. The number of rotatable bonds is 9. The van der Waals surface area contributed by atoms with E-state index in [0.29, 0.717) is 23.7 Å². The number of hydrogen-bond donors (Lipinski definition) is 1. The van der Waals surface area contributed by atoms with Crippen molar-refractivity contribution in [1.29, 1.82) is 0 Å². The molecule has 25 heavy (non-hydrogen) atoms. The molecule has 0 aliphatic heterocycles. The number of sulfonamides is 1. The Bertz CT molecular complexity index is 673. The normalized spacial score (nSPS) is 12.0. The van der Waals surface area contributed by atoms with Crippen LogP contribution >= 0.6 is 23.4 Å². The summed E-state index contributed by atoms with van der Waals surface area (Å²) in [5.74, 6) is 0.793. The maximum atomic E-state index is 12.0. The fourth-order valence-electron chi connectivity index (χ4n) is 2.14. The molecular weight excluding hydrogens is 380 g/mol. The third-order valence-corrected chi connectivity index (χ3v) is 5.92. The summed E-state index contributed by atoms with van der Waals surface area (Å²) in [6, 6.07) is 6.69. The summed E-state index contributed by atoms with van der Waals surface area (Å²) in [7, 11) is -3.43. The highest BCUT2D eigenvalue weighted by atomic mass is 35.5. The number of carbonyl (C=O) groups excluding carboxylic acids is 1. The summed E-state index contributed by atoms with van der Waals surface area (Å²) in [5.41, 5.74) is 0.511. The van der Waals surface area contributed by atoms with Gasteiger partial charge in [0, 0.05) is 35.0 Å². The Morgan fingerprint density at radius 1 is 1.32 bits per heavy atom. The minimum Gasteiger partial charge on any atom is -0.355 e. The molecule has 1 aromatic rings. The van der Waals surface area contributed by atoms with Crippen molar-refractivity contribution < 1.29 is 13.2 Å². The third kappa shape index (κ3) is 9.37. The fraction of sp³-hybridized carbons (Fsp3) is 0.588. The van der Waals surface area contributed by atoms with Crippen molar-refractivity contribution in [2.24, 2.45) is 0 Å². The maximum absolute atomic E-state index is 12.0. The third-order valence-electron chi connectivity index (χ3n) is 3.22. The van der Waals surface area contributed by atoms with Crippen molar-refractivity contribution in [3.05, 3.63) is 29.3 Å². The molecule has 1 rings (SSSR count). The van der Waals surface area contributed by atoms with Crippen LogP contribution in [0, 0.1) is 0 Å². The summed E-state index contributed by atoms with van der Waals surface area (Å²) < 4.78 is 25.5. The van der Waals surface area contributed by atoms with Gasteiger partial charge in [-0.1, -0.05) is 38.4 Å². The zero-order valence-corrected chi connectivity index (χ0v) is 17.6. The van der Waals surface area contributed by atoms with E-state index in [0.717, 1.165) is 12.0 Å². The van der Waals surface area contributed by atoms with Gasteiger partial charge in [0.25, 0.3) is 0 Å². The van der Waals surface area contributed by atoms with E-state index in [4.69, 9.17) is 11.6 Å². The number of hydrogen-bond acceptors (Lipinski definition) is 4. The monoisotopic (exact) mass is 406 g/mol. The van der Waals surface area contributed by atoms with E-state index in [2.05, 4.69) is 26.1 Å². The molecule has 0 aromatic heterocycles. The zero-order chi connectivity index (χ0) is 19.1. The molecule has 0 atom stereocenters. The number of anilines is 1. The quantitative estimate of drug-likeness (QED) is 0.637. The summed E-state index contributed by atoms with van der Waals surface area (Å²) in [5, 5.41) is 3.34. The van der Waals surface area contributed by atoms with Crippen molar-refractivity contribution >= 4 is 45.0 Å². The van der Waals surface area contributed by atoms with E-state index >= 15 is 0 Å². The van der Waals surface area contributed by atoms with Gasteiger partial charge in [0.1, 0.15) is 0 Å². The summed E-state index contributed by atoms with van der Waals surface area (Å²) in [6.07, 6.45) is 1.88. The average molecular weight is 407 g/mol. The van der Waals surface area contributed by atoms with Gasteiger partial charge in [-0.2, -0.15) is 11.8 Å². The maximum Gasteiger partial charge on any atom is 0.232 e. The van der Waals surface area contributed by atoms with Gasteiger partial charge >= 0.3 is 0 Å². The van der Waals surface area contributed by atoms with Crippen LogP contribution in [0.25, 0.3) is 0 Å². The standard InChI is InChI=1S/C17H27ClN2O3S2/c1-17(2,3)24-12-10-19-16(21)9-6-11-20(25(4,22)23)15-8-5-7-14(18)13-15/h5,7-8,13H,6,9-12H2,1-4H3,(H,19,21). The van der Waals surface area contributed by atoms with Gasteiger partial charge in [-0.15, -0.1) is 0 Å². The molecule has 1 N–H and O–H groups in total. The highest BCUT2D eigenvalue weighted by Crippen LogP contribution is 2.23. The minimum atomic E-state index is -3.43. The van der Waals surface area contributed by atoms with Crippen LogP contribution in [0.2, 0.25) is 5.02 Å². The second-order valence-electron chi connectivity index (χ2n) is 6.73. The highest BCUT2D eigenvalue weighted by molar-refractivity contribution is 8.00. The first-order valence-corrected chi connectivity index (χ1v) is 11.3. The SMILES string of the molecule is CC(C)(C)SCCNC(=O)CCCN(c1cccc(Cl)c1)S(C)(=O)=O. The van der Waals surface area contributed by atoms with Gasteiger partial charge in [0.2, 0.25) is 15.9 Å². The van der Waals surface area contributed by atoms with Crippen LogP contribution < -0.4 is 9.62 Å². The molecule has 0 radical (unpaired) electrons. The molecule has 0 saturated carbocycles. The van der Waals surface area contributed by atoms with E-state index in [-0.39, 0.29) is 23.6 Å². The van der Waals surface area contributed by atoms with Crippen molar-refractivity contribution in [2.75, 3.05) is 29.4 Å². The topological polar surface area (TPSA) is 66.5 Å². The molecule has 142 valence electrons. The van der Waals surface area contributed by atoms with Gasteiger partial charge in [0.05, 0.1) is 11.9 Å².